The minimum Gasteiger partial charge on any atom is -0.460 e. The molecule has 26 heavy (non-hydrogen) atoms. The van der Waals surface area contributed by atoms with Crippen LogP contribution < -0.4 is 0 Å². The SMILES string of the molecule is Cc1ccc(-c2nn(Cc3ccc(C(F)(F)F)cc3)c3ccccc23)o1. The number of para-hydroxylation sites is 1. The maximum absolute atomic E-state index is 12.7. The number of fused-ring (bicyclic) bond motifs is 1. The fraction of sp³-hybridized carbons (Fsp3) is 0.150. The number of halogens is 3. The van der Waals surface area contributed by atoms with Crippen molar-refractivity contribution in [1.82, 2.24) is 9.78 Å². The molecule has 0 fully saturated rings. The van der Waals surface area contributed by atoms with Crippen LogP contribution in [0.1, 0.15) is 16.9 Å². The summed E-state index contributed by atoms with van der Waals surface area (Å²) < 4.78 is 45.6. The minimum absolute atomic E-state index is 0.373. The van der Waals surface area contributed by atoms with E-state index in [1.54, 1.807) is 4.68 Å². The van der Waals surface area contributed by atoms with Crippen LogP contribution in [0.25, 0.3) is 22.4 Å². The Hall–Kier alpha value is -3.02. The van der Waals surface area contributed by atoms with Gasteiger partial charge in [-0.2, -0.15) is 18.3 Å². The molecule has 2 aromatic heterocycles. The number of hydrogen-bond donors (Lipinski definition) is 0. The van der Waals surface area contributed by atoms with E-state index in [1.165, 1.54) is 12.1 Å². The second kappa shape index (κ2) is 6.05. The van der Waals surface area contributed by atoms with E-state index in [1.807, 2.05) is 43.3 Å². The van der Waals surface area contributed by atoms with E-state index in [9.17, 15) is 13.2 Å². The monoisotopic (exact) mass is 356 g/mol. The number of nitrogens with zero attached hydrogens (tertiary/aromatic N) is 2. The average Bonchev–Trinajstić information content (AvgIpc) is 3.19. The molecule has 6 heteroatoms. The Morgan fingerprint density at radius 1 is 0.962 bits per heavy atom. The molecule has 2 aromatic carbocycles. The van der Waals surface area contributed by atoms with Gasteiger partial charge in [-0.05, 0) is 42.8 Å². The maximum Gasteiger partial charge on any atom is 0.416 e. The van der Waals surface area contributed by atoms with Gasteiger partial charge in [-0.15, -0.1) is 0 Å². The van der Waals surface area contributed by atoms with Crippen molar-refractivity contribution < 1.29 is 17.6 Å². The predicted octanol–water partition coefficient (Wildman–Crippen LogP) is 5.67. The van der Waals surface area contributed by atoms with Gasteiger partial charge in [-0.3, -0.25) is 4.68 Å². The van der Waals surface area contributed by atoms with Crippen molar-refractivity contribution in [3.8, 4) is 11.5 Å². The van der Waals surface area contributed by atoms with E-state index in [0.717, 1.165) is 40.1 Å². The smallest absolute Gasteiger partial charge is 0.416 e. The third-order valence-electron chi connectivity index (χ3n) is 4.25. The largest absolute Gasteiger partial charge is 0.460 e. The van der Waals surface area contributed by atoms with Crippen LogP contribution in [0.5, 0.6) is 0 Å². The van der Waals surface area contributed by atoms with Crippen LogP contribution >= 0.6 is 0 Å². The molecule has 0 aliphatic heterocycles. The van der Waals surface area contributed by atoms with Crippen LogP contribution in [-0.4, -0.2) is 9.78 Å². The van der Waals surface area contributed by atoms with Crippen molar-refractivity contribution >= 4 is 10.9 Å². The van der Waals surface area contributed by atoms with Gasteiger partial charge in [0.1, 0.15) is 11.5 Å². The van der Waals surface area contributed by atoms with Gasteiger partial charge >= 0.3 is 6.18 Å². The molecular weight excluding hydrogens is 341 g/mol. The molecule has 0 amide bonds. The first-order chi connectivity index (χ1) is 12.4. The van der Waals surface area contributed by atoms with Crippen molar-refractivity contribution in [2.75, 3.05) is 0 Å². The van der Waals surface area contributed by atoms with Gasteiger partial charge in [0.25, 0.3) is 0 Å². The molecule has 0 unspecified atom stereocenters. The summed E-state index contributed by atoms with van der Waals surface area (Å²) in [5.74, 6) is 1.46. The van der Waals surface area contributed by atoms with Gasteiger partial charge in [-0.1, -0.05) is 30.3 Å². The van der Waals surface area contributed by atoms with E-state index in [2.05, 4.69) is 5.10 Å². The standard InChI is InChI=1S/C20H15F3N2O/c1-13-6-11-18(26-13)19-16-4-2-3-5-17(16)25(24-19)12-14-7-9-15(10-8-14)20(21,22)23/h2-11H,12H2,1H3. The lowest BCUT2D eigenvalue weighted by Crippen LogP contribution is -2.06. The quantitative estimate of drug-likeness (QED) is 0.473. The zero-order chi connectivity index (χ0) is 18.3. The highest BCUT2D eigenvalue weighted by molar-refractivity contribution is 5.92. The third-order valence-corrected chi connectivity index (χ3v) is 4.25. The number of alkyl halides is 3. The van der Waals surface area contributed by atoms with Crippen LogP contribution in [0.3, 0.4) is 0 Å². The molecule has 3 nitrogen and oxygen atoms in total. The summed E-state index contributed by atoms with van der Waals surface area (Å²) in [6.45, 7) is 2.24. The van der Waals surface area contributed by atoms with E-state index < -0.39 is 11.7 Å². The predicted molar refractivity (Wildman–Crippen MR) is 92.7 cm³/mol. The third kappa shape index (κ3) is 2.98. The molecule has 0 atom stereocenters. The summed E-state index contributed by atoms with van der Waals surface area (Å²) in [6.07, 6.45) is -4.33. The molecule has 0 saturated carbocycles. The highest BCUT2D eigenvalue weighted by Crippen LogP contribution is 2.31. The Kier molecular flexibility index (Phi) is 3.83. The van der Waals surface area contributed by atoms with E-state index >= 15 is 0 Å². The summed E-state index contributed by atoms with van der Waals surface area (Å²) in [6, 6.07) is 16.6. The number of hydrogen-bond acceptors (Lipinski definition) is 2. The molecule has 4 aromatic rings. The Morgan fingerprint density at radius 2 is 1.69 bits per heavy atom. The molecule has 0 bridgehead atoms. The minimum atomic E-state index is -4.33. The van der Waals surface area contributed by atoms with E-state index in [4.69, 9.17) is 4.42 Å². The molecule has 0 saturated heterocycles. The highest BCUT2D eigenvalue weighted by atomic mass is 19.4. The van der Waals surface area contributed by atoms with Crippen LogP contribution in [0, 0.1) is 6.92 Å². The molecule has 132 valence electrons. The van der Waals surface area contributed by atoms with Crippen LogP contribution in [-0.2, 0) is 12.7 Å². The van der Waals surface area contributed by atoms with Crippen molar-refractivity contribution in [3.63, 3.8) is 0 Å². The number of rotatable bonds is 3. The van der Waals surface area contributed by atoms with Gasteiger partial charge in [0.2, 0.25) is 0 Å². The first kappa shape index (κ1) is 16.4. The molecule has 0 aliphatic carbocycles. The van der Waals surface area contributed by atoms with Crippen molar-refractivity contribution in [2.45, 2.75) is 19.6 Å². The van der Waals surface area contributed by atoms with Gasteiger partial charge < -0.3 is 4.42 Å². The summed E-state index contributed by atoms with van der Waals surface area (Å²) in [5, 5.41) is 5.58. The summed E-state index contributed by atoms with van der Waals surface area (Å²) in [7, 11) is 0. The lowest BCUT2D eigenvalue weighted by Gasteiger charge is -2.08. The number of aryl methyl sites for hydroxylation is 1. The molecule has 0 spiro atoms. The van der Waals surface area contributed by atoms with Gasteiger partial charge in [0.15, 0.2) is 5.76 Å². The normalized spacial score (nSPS) is 12.0. The average molecular weight is 356 g/mol. The molecule has 0 N–H and O–H groups in total. The summed E-state index contributed by atoms with van der Waals surface area (Å²) in [4.78, 5) is 0. The zero-order valence-corrected chi connectivity index (χ0v) is 13.9. The Balaban J connectivity index is 1.73. The molecule has 2 heterocycles. The van der Waals surface area contributed by atoms with Crippen LogP contribution in [0.2, 0.25) is 0 Å². The van der Waals surface area contributed by atoms with E-state index in [-0.39, 0.29) is 0 Å². The van der Waals surface area contributed by atoms with Gasteiger partial charge in [0, 0.05) is 5.39 Å². The number of furan rings is 1. The molecule has 0 aliphatic rings. The Morgan fingerprint density at radius 3 is 2.35 bits per heavy atom. The topological polar surface area (TPSA) is 31.0 Å². The Bertz CT molecular complexity index is 1060. The van der Waals surface area contributed by atoms with Crippen molar-refractivity contribution in [3.05, 3.63) is 77.6 Å². The molecular formula is C20H15F3N2O. The van der Waals surface area contributed by atoms with Gasteiger partial charge in [-0.25, -0.2) is 0 Å². The van der Waals surface area contributed by atoms with Gasteiger partial charge in [0.05, 0.1) is 17.6 Å². The fourth-order valence-electron chi connectivity index (χ4n) is 2.96. The second-order valence-corrected chi connectivity index (χ2v) is 6.13. The van der Waals surface area contributed by atoms with Crippen LogP contribution in [0.15, 0.2) is 65.1 Å². The van der Waals surface area contributed by atoms with E-state index in [0.29, 0.717) is 12.3 Å². The second-order valence-electron chi connectivity index (χ2n) is 6.13. The number of benzene rings is 2. The number of aromatic nitrogens is 2. The maximum atomic E-state index is 12.7. The van der Waals surface area contributed by atoms with Crippen molar-refractivity contribution in [1.29, 1.82) is 0 Å². The summed E-state index contributed by atoms with van der Waals surface area (Å²) >= 11 is 0. The lowest BCUT2D eigenvalue weighted by atomic mass is 10.1. The first-order valence-electron chi connectivity index (χ1n) is 8.10. The molecule has 4 rings (SSSR count). The summed E-state index contributed by atoms with van der Waals surface area (Å²) in [5.41, 5.74) is 1.71. The van der Waals surface area contributed by atoms with Crippen molar-refractivity contribution in [2.24, 2.45) is 0 Å². The van der Waals surface area contributed by atoms with Crippen LogP contribution in [0.4, 0.5) is 13.2 Å². The first-order valence-corrected chi connectivity index (χ1v) is 8.10. The molecule has 0 radical (unpaired) electrons. The highest BCUT2D eigenvalue weighted by Gasteiger charge is 2.29. The zero-order valence-electron chi connectivity index (χ0n) is 13.9. The fourth-order valence-corrected chi connectivity index (χ4v) is 2.96. The Labute approximate surface area is 147 Å². The lowest BCUT2D eigenvalue weighted by molar-refractivity contribution is -0.137.